The van der Waals surface area contributed by atoms with Crippen molar-refractivity contribution in [2.24, 2.45) is 16.3 Å². The number of hydrogen-bond acceptors (Lipinski definition) is 3. The molecule has 0 saturated carbocycles. The third-order valence-corrected chi connectivity index (χ3v) is 5.03. The fraction of sp³-hybridized carbons (Fsp3) is 0.950. The minimum atomic E-state index is 0.392. The highest BCUT2D eigenvalue weighted by molar-refractivity contribution is 5.79. The van der Waals surface area contributed by atoms with Crippen molar-refractivity contribution in [1.82, 2.24) is 20.4 Å². The van der Waals surface area contributed by atoms with Gasteiger partial charge in [0.05, 0.1) is 0 Å². The van der Waals surface area contributed by atoms with Crippen LogP contribution in [0.15, 0.2) is 4.99 Å². The van der Waals surface area contributed by atoms with Crippen molar-refractivity contribution in [2.75, 3.05) is 52.9 Å². The predicted octanol–water partition coefficient (Wildman–Crippen LogP) is 2.64. The van der Waals surface area contributed by atoms with Crippen LogP contribution >= 0.6 is 0 Å². The molecule has 0 bridgehead atoms. The molecule has 25 heavy (non-hydrogen) atoms. The summed E-state index contributed by atoms with van der Waals surface area (Å²) in [7, 11) is 1.86. The molecular formula is C20H43N5. The largest absolute Gasteiger partial charge is 0.356 e. The van der Waals surface area contributed by atoms with Crippen molar-refractivity contribution in [3.05, 3.63) is 0 Å². The third-order valence-electron chi connectivity index (χ3n) is 5.03. The molecule has 1 saturated heterocycles. The lowest BCUT2D eigenvalue weighted by molar-refractivity contribution is 0.124. The lowest BCUT2D eigenvalue weighted by Crippen LogP contribution is -2.49. The molecule has 2 unspecified atom stereocenters. The number of nitrogens with zero attached hydrogens (tertiary/aromatic N) is 3. The van der Waals surface area contributed by atoms with E-state index in [4.69, 9.17) is 0 Å². The topological polar surface area (TPSA) is 42.9 Å². The van der Waals surface area contributed by atoms with Crippen LogP contribution in [-0.4, -0.2) is 74.7 Å². The molecule has 1 aliphatic heterocycles. The molecule has 1 fully saturated rings. The zero-order chi connectivity index (χ0) is 18.9. The first-order valence-electron chi connectivity index (χ1n) is 10.2. The highest BCUT2D eigenvalue weighted by Crippen LogP contribution is 2.21. The molecular weight excluding hydrogens is 310 g/mol. The summed E-state index contributed by atoms with van der Waals surface area (Å²) in [5, 5.41) is 7.04. The first kappa shape index (κ1) is 22.2. The van der Waals surface area contributed by atoms with Crippen LogP contribution in [0, 0.1) is 11.3 Å². The van der Waals surface area contributed by atoms with Gasteiger partial charge in [-0.05, 0) is 37.6 Å². The van der Waals surface area contributed by atoms with Crippen molar-refractivity contribution >= 4 is 5.96 Å². The zero-order valence-electron chi connectivity index (χ0n) is 17.9. The molecule has 0 aromatic heterocycles. The van der Waals surface area contributed by atoms with Crippen molar-refractivity contribution in [3.8, 4) is 0 Å². The van der Waals surface area contributed by atoms with Crippen LogP contribution in [-0.2, 0) is 0 Å². The van der Waals surface area contributed by atoms with Crippen LogP contribution in [0.4, 0.5) is 0 Å². The summed E-state index contributed by atoms with van der Waals surface area (Å²) in [6.45, 7) is 21.9. The zero-order valence-corrected chi connectivity index (χ0v) is 17.9. The smallest absolute Gasteiger partial charge is 0.191 e. The first-order valence-corrected chi connectivity index (χ1v) is 10.2. The Morgan fingerprint density at radius 2 is 1.68 bits per heavy atom. The SMILES string of the molecule is CCN1CCN(CC(C)CNC(=NC)NC(C)CCC(C)(C)C)CC1. The average molecular weight is 354 g/mol. The normalized spacial score (nSPS) is 20.4. The van der Waals surface area contributed by atoms with E-state index >= 15 is 0 Å². The van der Waals surface area contributed by atoms with Gasteiger partial charge in [-0.15, -0.1) is 0 Å². The van der Waals surface area contributed by atoms with Gasteiger partial charge in [-0.1, -0.05) is 34.6 Å². The number of guanidine groups is 1. The number of nitrogens with one attached hydrogen (secondary N) is 2. The van der Waals surface area contributed by atoms with Crippen LogP contribution < -0.4 is 10.6 Å². The second kappa shape index (κ2) is 11.0. The molecule has 148 valence electrons. The molecule has 5 nitrogen and oxygen atoms in total. The number of rotatable bonds is 8. The highest BCUT2D eigenvalue weighted by Gasteiger charge is 2.18. The van der Waals surface area contributed by atoms with Crippen molar-refractivity contribution in [1.29, 1.82) is 0 Å². The molecule has 1 rings (SSSR count). The molecule has 0 radical (unpaired) electrons. The van der Waals surface area contributed by atoms with E-state index in [1.54, 1.807) is 0 Å². The Hall–Kier alpha value is -0.810. The van der Waals surface area contributed by atoms with E-state index in [2.05, 4.69) is 67.0 Å². The fourth-order valence-electron chi connectivity index (χ4n) is 3.21. The number of piperazine rings is 1. The molecule has 2 atom stereocenters. The van der Waals surface area contributed by atoms with Gasteiger partial charge in [0.25, 0.3) is 0 Å². The number of aliphatic imine (C=N–C) groups is 1. The summed E-state index contributed by atoms with van der Waals surface area (Å²) in [6, 6.07) is 0.447. The van der Waals surface area contributed by atoms with Gasteiger partial charge in [-0.25, -0.2) is 0 Å². The molecule has 5 heteroatoms. The Labute approximate surface area is 156 Å². The Balaban J connectivity index is 2.25. The Bertz CT molecular complexity index is 380. The lowest BCUT2D eigenvalue weighted by Gasteiger charge is -2.35. The monoisotopic (exact) mass is 353 g/mol. The van der Waals surface area contributed by atoms with Gasteiger partial charge in [0, 0.05) is 52.4 Å². The maximum Gasteiger partial charge on any atom is 0.191 e. The molecule has 1 aliphatic rings. The maximum absolute atomic E-state index is 4.39. The Kier molecular flexibility index (Phi) is 9.80. The van der Waals surface area contributed by atoms with Crippen LogP contribution in [0.25, 0.3) is 0 Å². The second-order valence-corrected chi connectivity index (χ2v) is 8.94. The predicted molar refractivity (Wildman–Crippen MR) is 110 cm³/mol. The van der Waals surface area contributed by atoms with Crippen molar-refractivity contribution in [3.63, 3.8) is 0 Å². The van der Waals surface area contributed by atoms with Gasteiger partial charge in [0.15, 0.2) is 5.96 Å². The van der Waals surface area contributed by atoms with E-state index in [0.29, 0.717) is 17.4 Å². The molecule has 0 aromatic carbocycles. The van der Waals surface area contributed by atoms with Gasteiger partial charge in [-0.2, -0.15) is 0 Å². The number of hydrogen-bond donors (Lipinski definition) is 2. The minimum absolute atomic E-state index is 0.392. The van der Waals surface area contributed by atoms with Crippen molar-refractivity contribution < 1.29 is 0 Å². The van der Waals surface area contributed by atoms with Gasteiger partial charge < -0.3 is 20.4 Å². The van der Waals surface area contributed by atoms with Crippen LogP contribution in [0.2, 0.25) is 0 Å². The lowest BCUT2D eigenvalue weighted by atomic mass is 9.89. The van der Waals surface area contributed by atoms with E-state index in [1.165, 1.54) is 52.1 Å². The molecule has 0 spiro atoms. The quantitative estimate of drug-likeness (QED) is 0.520. The second-order valence-electron chi connectivity index (χ2n) is 8.94. The summed E-state index contributed by atoms with van der Waals surface area (Å²) >= 11 is 0. The Morgan fingerprint density at radius 3 is 2.20 bits per heavy atom. The highest BCUT2D eigenvalue weighted by atomic mass is 15.3. The van der Waals surface area contributed by atoms with E-state index in [1.807, 2.05) is 7.05 Å². The van der Waals surface area contributed by atoms with E-state index in [0.717, 1.165) is 12.5 Å². The average Bonchev–Trinajstić information content (AvgIpc) is 2.56. The molecule has 2 N–H and O–H groups in total. The van der Waals surface area contributed by atoms with Crippen LogP contribution in [0.5, 0.6) is 0 Å². The fourth-order valence-corrected chi connectivity index (χ4v) is 3.21. The standard InChI is InChI=1S/C20H43N5/c1-8-24-11-13-25(14-12-24)16-17(2)15-22-19(21-7)23-18(3)9-10-20(4,5)6/h17-18H,8-16H2,1-7H3,(H2,21,22,23). The van der Waals surface area contributed by atoms with Crippen molar-refractivity contribution in [2.45, 2.75) is 60.4 Å². The van der Waals surface area contributed by atoms with E-state index < -0.39 is 0 Å². The summed E-state index contributed by atoms with van der Waals surface area (Å²) in [6.07, 6.45) is 2.39. The minimum Gasteiger partial charge on any atom is -0.356 e. The molecule has 0 aromatic rings. The summed E-state index contributed by atoms with van der Waals surface area (Å²) in [5.41, 5.74) is 0.392. The summed E-state index contributed by atoms with van der Waals surface area (Å²) in [5.74, 6) is 1.56. The van der Waals surface area contributed by atoms with Gasteiger partial charge in [0.2, 0.25) is 0 Å². The van der Waals surface area contributed by atoms with Crippen LogP contribution in [0.3, 0.4) is 0 Å². The Morgan fingerprint density at radius 1 is 1.08 bits per heavy atom. The molecule has 1 heterocycles. The number of likely N-dealkylation sites (N-methyl/N-ethyl adjacent to an activating group) is 1. The molecule has 0 aliphatic carbocycles. The van der Waals surface area contributed by atoms with Crippen LogP contribution in [0.1, 0.15) is 54.4 Å². The van der Waals surface area contributed by atoms with E-state index in [-0.39, 0.29) is 0 Å². The van der Waals surface area contributed by atoms with E-state index in [9.17, 15) is 0 Å². The van der Waals surface area contributed by atoms with Gasteiger partial charge >= 0.3 is 0 Å². The summed E-state index contributed by atoms with van der Waals surface area (Å²) in [4.78, 5) is 9.52. The maximum atomic E-state index is 4.39. The third kappa shape index (κ3) is 10.0. The summed E-state index contributed by atoms with van der Waals surface area (Å²) < 4.78 is 0. The van der Waals surface area contributed by atoms with Gasteiger partial charge in [0.1, 0.15) is 0 Å². The van der Waals surface area contributed by atoms with Gasteiger partial charge in [-0.3, -0.25) is 4.99 Å². The first-order chi connectivity index (χ1) is 11.7. The molecule has 0 amide bonds.